The minimum atomic E-state index is 0.0487. The lowest BCUT2D eigenvalue weighted by Crippen LogP contribution is -2.17. The van der Waals surface area contributed by atoms with Crippen molar-refractivity contribution in [2.75, 3.05) is 0 Å². The Morgan fingerprint density at radius 2 is 1.95 bits per heavy atom. The second kappa shape index (κ2) is 8.80. The second-order valence-electron chi connectivity index (χ2n) is 5.70. The molecule has 0 unspecified atom stereocenters. The van der Waals surface area contributed by atoms with E-state index in [-0.39, 0.29) is 11.2 Å². The number of Topliss-reactive ketones (excluding diaryl/α,β-unsaturated/α-hetero) is 1. The minimum Gasteiger partial charge on any atom is -0.365 e. The molecule has 0 atom stereocenters. The van der Waals surface area contributed by atoms with Gasteiger partial charge in [0.15, 0.2) is 5.78 Å². The van der Waals surface area contributed by atoms with Crippen molar-refractivity contribution in [2.45, 2.75) is 47.5 Å². The quantitative estimate of drug-likeness (QED) is 0.499. The van der Waals surface area contributed by atoms with Gasteiger partial charge >= 0.3 is 0 Å². The first-order chi connectivity index (χ1) is 9.21. The van der Waals surface area contributed by atoms with Gasteiger partial charge in [-0.15, -0.1) is 0 Å². The number of hydrogen-bond acceptors (Lipinski definition) is 2. The van der Waals surface area contributed by atoms with Crippen molar-refractivity contribution >= 4 is 17.4 Å². The molecule has 0 aromatic rings. The van der Waals surface area contributed by atoms with Gasteiger partial charge in [-0.25, -0.2) is 0 Å². The normalized spacial score (nSPS) is 14.2. The molecule has 3 heteroatoms. The molecule has 0 aromatic heterocycles. The summed E-state index contributed by atoms with van der Waals surface area (Å²) >= 11 is 5.95. The van der Waals surface area contributed by atoms with Crippen molar-refractivity contribution < 1.29 is 4.79 Å². The van der Waals surface area contributed by atoms with E-state index in [0.717, 1.165) is 17.7 Å². The van der Waals surface area contributed by atoms with Gasteiger partial charge < -0.3 is 5.32 Å². The van der Waals surface area contributed by atoms with E-state index in [1.165, 1.54) is 0 Å². The third-order valence-corrected chi connectivity index (χ3v) is 3.42. The number of hydrogen-bond donors (Lipinski definition) is 1. The van der Waals surface area contributed by atoms with Gasteiger partial charge in [-0.3, -0.25) is 4.79 Å². The topological polar surface area (TPSA) is 29.1 Å². The molecule has 112 valence electrons. The first-order valence-corrected chi connectivity index (χ1v) is 7.22. The van der Waals surface area contributed by atoms with Gasteiger partial charge in [-0.2, -0.15) is 0 Å². The van der Waals surface area contributed by atoms with Crippen LogP contribution in [0.5, 0.6) is 0 Å². The largest absolute Gasteiger partial charge is 0.365 e. The molecule has 0 saturated carbocycles. The highest BCUT2D eigenvalue weighted by Crippen LogP contribution is 2.25. The van der Waals surface area contributed by atoms with Crippen molar-refractivity contribution in [1.29, 1.82) is 0 Å². The maximum absolute atomic E-state index is 12.1. The molecule has 0 rings (SSSR count). The van der Waals surface area contributed by atoms with Gasteiger partial charge in [-0.1, -0.05) is 51.4 Å². The third kappa shape index (κ3) is 8.00. The zero-order valence-electron chi connectivity index (χ0n) is 13.2. The number of carbonyl (C=O) groups is 1. The Bertz CT molecular complexity index is 442. The fourth-order valence-corrected chi connectivity index (χ4v) is 1.66. The first kappa shape index (κ1) is 18.7. The van der Waals surface area contributed by atoms with Crippen molar-refractivity contribution in [3.63, 3.8) is 0 Å². The van der Waals surface area contributed by atoms with E-state index in [1.807, 2.05) is 13.8 Å². The molecule has 0 spiro atoms. The molecule has 0 fully saturated rings. The van der Waals surface area contributed by atoms with E-state index in [1.54, 1.807) is 24.4 Å². The third-order valence-electron chi connectivity index (χ3n) is 3.18. The van der Waals surface area contributed by atoms with Crippen LogP contribution in [0.3, 0.4) is 0 Å². The fourth-order valence-electron chi connectivity index (χ4n) is 1.41. The molecule has 1 N–H and O–H groups in total. The lowest BCUT2D eigenvalue weighted by molar-refractivity contribution is -0.117. The molecular formula is C17H26ClNO. The standard InChI is InChI=1S/C17H26ClNO/c1-7-9-15(18)10-14(4)19-12-13(3)16(20)11-17(5,6)8-2/h7,9-10,12,19H,1,8,11H2,2-6H3/b13-12-,14-10+,15-9+. The van der Waals surface area contributed by atoms with Crippen LogP contribution in [0.2, 0.25) is 0 Å². The molecule has 20 heavy (non-hydrogen) atoms. The van der Waals surface area contributed by atoms with E-state index in [0.29, 0.717) is 11.5 Å². The maximum atomic E-state index is 12.1. The van der Waals surface area contributed by atoms with Gasteiger partial charge in [0, 0.05) is 28.9 Å². The summed E-state index contributed by atoms with van der Waals surface area (Å²) in [5, 5.41) is 3.67. The van der Waals surface area contributed by atoms with Crippen LogP contribution in [0.1, 0.15) is 47.5 Å². The molecule has 0 amide bonds. The Hall–Kier alpha value is -1.28. The number of ketones is 1. The lowest BCUT2D eigenvalue weighted by atomic mass is 9.83. The van der Waals surface area contributed by atoms with Crippen molar-refractivity contribution in [3.05, 3.63) is 47.3 Å². The Morgan fingerprint density at radius 3 is 2.45 bits per heavy atom. The summed E-state index contributed by atoms with van der Waals surface area (Å²) in [6.45, 7) is 13.6. The zero-order chi connectivity index (χ0) is 15.8. The SMILES string of the molecule is C=C/C=C(Cl)\C=C(/C)N/C=C(/C)C(=O)CC(C)(C)CC. The Kier molecular flexibility index (Phi) is 8.24. The van der Waals surface area contributed by atoms with Gasteiger partial charge in [0.05, 0.1) is 0 Å². The highest BCUT2D eigenvalue weighted by atomic mass is 35.5. The smallest absolute Gasteiger partial charge is 0.160 e. The number of halogens is 1. The summed E-state index contributed by atoms with van der Waals surface area (Å²) in [5.74, 6) is 0.171. The molecule has 0 bridgehead atoms. The van der Waals surface area contributed by atoms with Crippen molar-refractivity contribution in [2.24, 2.45) is 5.41 Å². The summed E-state index contributed by atoms with van der Waals surface area (Å²) in [7, 11) is 0. The van der Waals surface area contributed by atoms with Gasteiger partial charge in [0.2, 0.25) is 0 Å². The van der Waals surface area contributed by atoms with E-state index < -0.39 is 0 Å². The summed E-state index contributed by atoms with van der Waals surface area (Å²) in [6.07, 6.45) is 8.40. The molecule has 0 aromatic carbocycles. The minimum absolute atomic E-state index is 0.0487. The Morgan fingerprint density at radius 1 is 1.35 bits per heavy atom. The predicted molar refractivity (Wildman–Crippen MR) is 88.5 cm³/mol. The van der Waals surface area contributed by atoms with Crippen LogP contribution < -0.4 is 5.32 Å². The zero-order valence-corrected chi connectivity index (χ0v) is 14.0. The van der Waals surface area contributed by atoms with E-state index in [2.05, 4.69) is 32.7 Å². The van der Waals surface area contributed by atoms with Crippen LogP contribution in [0.25, 0.3) is 0 Å². The summed E-state index contributed by atoms with van der Waals surface area (Å²) < 4.78 is 0. The van der Waals surface area contributed by atoms with Crippen molar-refractivity contribution in [1.82, 2.24) is 5.32 Å². The van der Waals surface area contributed by atoms with Crippen LogP contribution in [0, 0.1) is 5.41 Å². The van der Waals surface area contributed by atoms with E-state index in [9.17, 15) is 4.79 Å². The highest BCUT2D eigenvalue weighted by Gasteiger charge is 2.20. The Balaban J connectivity index is 4.64. The summed E-state index contributed by atoms with van der Waals surface area (Å²) in [4.78, 5) is 12.1. The van der Waals surface area contributed by atoms with Crippen LogP contribution in [-0.4, -0.2) is 5.78 Å². The van der Waals surface area contributed by atoms with Gasteiger partial charge in [-0.05, 0) is 31.4 Å². The number of carbonyl (C=O) groups excluding carboxylic acids is 1. The number of allylic oxidation sites excluding steroid dienone is 6. The first-order valence-electron chi connectivity index (χ1n) is 6.85. The molecule has 0 aliphatic heterocycles. The van der Waals surface area contributed by atoms with Crippen LogP contribution >= 0.6 is 11.6 Å². The molecule has 2 nitrogen and oxygen atoms in total. The molecule has 0 heterocycles. The monoisotopic (exact) mass is 295 g/mol. The lowest BCUT2D eigenvalue weighted by Gasteiger charge is -2.21. The van der Waals surface area contributed by atoms with Gasteiger partial charge in [0.1, 0.15) is 0 Å². The van der Waals surface area contributed by atoms with E-state index in [4.69, 9.17) is 11.6 Å². The summed E-state index contributed by atoms with van der Waals surface area (Å²) in [6, 6.07) is 0. The number of rotatable bonds is 8. The summed E-state index contributed by atoms with van der Waals surface area (Å²) in [5.41, 5.74) is 1.64. The highest BCUT2D eigenvalue weighted by molar-refractivity contribution is 6.31. The number of nitrogens with one attached hydrogen (secondary N) is 1. The predicted octanol–water partition coefficient (Wildman–Crippen LogP) is 5.09. The molecular weight excluding hydrogens is 270 g/mol. The molecule has 0 aliphatic rings. The van der Waals surface area contributed by atoms with Crippen LogP contribution in [-0.2, 0) is 4.79 Å². The second-order valence-corrected chi connectivity index (χ2v) is 6.14. The van der Waals surface area contributed by atoms with E-state index >= 15 is 0 Å². The molecule has 0 radical (unpaired) electrons. The average Bonchev–Trinajstić information content (AvgIpc) is 2.35. The average molecular weight is 296 g/mol. The van der Waals surface area contributed by atoms with Gasteiger partial charge in [0.25, 0.3) is 0 Å². The fraction of sp³-hybridized carbons (Fsp3) is 0.471. The van der Waals surface area contributed by atoms with Crippen molar-refractivity contribution in [3.8, 4) is 0 Å². The maximum Gasteiger partial charge on any atom is 0.160 e. The van der Waals surface area contributed by atoms with Crippen LogP contribution in [0.15, 0.2) is 47.3 Å². The van der Waals surface area contributed by atoms with Crippen LogP contribution in [0.4, 0.5) is 0 Å². The molecule has 0 saturated heterocycles. The Labute approximate surface area is 128 Å². The molecule has 0 aliphatic carbocycles.